The van der Waals surface area contributed by atoms with Crippen molar-refractivity contribution in [2.75, 3.05) is 32.7 Å². The first-order chi connectivity index (χ1) is 9.22. The van der Waals surface area contributed by atoms with Crippen molar-refractivity contribution in [1.29, 1.82) is 0 Å². The lowest BCUT2D eigenvalue weighted by atomic mass is 10.0. The summed E-state index contributed by atoms with van der Waals surface area (Å²) in [7, 11) is 0. The average molecular weight is 338 g/mol. The van der Waals surface area contributed by atoms with E-state index in [0.29, 0.717) is 19.5 Å². The SMILES string of the molecule is C=CCCC(=O)N1CCCC(N2CCNCC2=O)C1.Cl.Cl. The van der Waals surface area contributed by atoms with E-state index in [1.54, 1.807) is 6.08 Å². The van der Waals surface area contributed by atoms with Gasteiger partial charge in [0.05, 0.1) is 6.54 Å². The highest BCUT2D eigenvalue weighted by Gasteiger charge is 2.31. The first-order valence-corrected chi connectivity index (χ1v) is 7.11. The summed E-state index contributed by atoms with van der Waals surface area (Å²) in [6, 6.07) is 0.205. The normalized spacial score (nSPS) is 22.1. The number of rotatable bonds is 4. The fourth-order valence-corrected chi connectivity index (χ4v) is 2.83. The summed E-state index contributed by atoms with van der Waals surface area (Å²) in [5.74, 6) is 0.351. The predicted molar refractivity (Wildman–Crippen MR) is 88.1 cm³/mol. The molecule has 0 spiro atoms. The van der Waals surface area contributed by atoms with E-state index in [1.807, 2.05) is 9.80 Å². The molecular formula is C14H25Cl2N3O2. The van der Waals surface area contributed by atoms with Gasteiger partial charge in [0.25, 0.3) is 0 Å². The van der Waals surface area contributed by atoms with Crippen LogP contribution in [-0.2, 0) is 9.59 Å². The van der Waals surface area contributed by atoms with Crippen LogP contribution >= 0.6 is 24.8 Å². The molecule has 2 heterocycles. The van der Waals surface area contributed by atoms with E-state index in [4.69, 9.17) is 0 Å². The largest absolute Gasteiger partial charge is 0.341 e. The van der Waals surface area contributed by atoms with Crippen LogP contribution < -0.4 is 5.32 Å². The van der Waals surface area contributed by atoms with Gasteiger partial charge in [0.15, 0.2) is 0 Å². The van der Waals surface area contributed by atoms with Gasteiger partial charge in [-0.25, -0.2) is 0 Å². The van der Waals surface area contributed by atoms with Gasteiger partial charge < -0.3 is 15.1 Å². The molecule has 0 aromatic rings. The Morgan fingerprint density at radius 2 is 2.14 bits per heavy atom. The number of carbonyl (C=O) groups is 2. The van der Waals surface area contributed by atoms with Gasteiger partial charge in [-0.2, -0.15) is 0 Å². The van der Waals surface area contributed by atoms with Crippen molar-refractivity contribution in [2.45, 2.75) is 31.7 Å². The number of piperidine rings is 1. The summed E-state index contributed by atoms with van der Waals surface area (Å²) in [6.45, 7) is 7.22. The maximum atomic E-state index is 12.0. The molecule has 2 aliphatic rings. The van der Waals surface area contributed by atoms with Gasteiger partial charge in [-0.1, -0.05) is 6.08 Å². The summed E-state index contributed by atoms with van der Waals surface area (Å²) < 4.78 is 0. The molecule has 0 aliphatic carbocycles. The fourth-order valence-electron chi connectivity index (χ4n) is 2.83. The van der Waals surface area contributed by atoms with Crippen molar-refractivity contribution >= 4 is 36.6 Å². The van der Waals surface area contributed by atoms with Crippen LogP contribution in [0.25, 0.3) is 0 Å². The average Bonchev–Trinajstić information content (AvgIpc) is 2.45. The van der Waals surface area contributed by atoms with E-state index in [9.17, 15) is 9.59 Å². The van der Waals surface area contributed by atoms with Gasteiger partial charge in [0.1, 0.15) is 0 Å². The molecule has 2 rings (SSSR count). The van der Waals surface area contributed by atoms with Gasteiger partial charge in [-0.15, -0.1) is 31.4 Å². The molecule has 2 fully saturated rings. The molecule has 1 N–H and O–H groups in total. The first-order valence-electron chi connectivity index (χ1n) is 7.11. The number of allylic oxidation sites excluding steroid dienone is 1. The summed E-state index contributed by atoms with van der Waals surface area (Å²) in [5, 5.41) is 3.08. The van der Waals surface area contributed by atoms with Crippen LogP contribution in [0.5, 0.6) is 0 Å². The number of amides is 2. The summed E-state index contributed by atoms with van der Waals surface area (Å²) in [5.41, 5.74) is 0. The molecule has 0 aromatic carbocycles. The molecule has 7 heteroatoms. The maximum Gasteiger partial charge on any atom is 0.236 e. The molecule has 1 unspecified atom stereocenters. The minimum absolute atomic E-state index is 0. The van der Waals surface area contributed by atoms with Crippen LogP contribution in [0.4, 0.5) is 0 Å². The van der Waals surface area contributed by atoms with E-state index in [1.165, 1.54) is 0 Å². The van der Waals surface area contributed by atoms with Crippen LogP contribution in [0, 0.1) is 0 Å². The molecule has 2 aliphatic heterocycles. The molecule has 0 radical (unpaired) electrons. The van der Waals surface area contributed by atoms with Gasteiger partial charge in [-0.05, 0) is 19.3 Å². The Labute approximate surface area is 138 Å². The highest BCUT2D eigenvalue weighted by molar-refractivity contribution is 5.85. The Balaban J connectivity index is 0.00000200. The van der Waals surface area contributed by atoms with E-state index in [-0.39, 0.29) is 42.7 Å². The highest BCUT2D eigenvalue weighted by atomic mass is 35.5. The molecule has 0 saturated carbocycles. The minimum Gasteiger partial charge on any atom is -0.341 e. The van der Waals surface area contributed by atoms with E-state index in [2.05, 4.69) is 11.9 Å². The fraction of sp³-hybridized carbons (Fsp3) is 0.714. The Morgan fingerprint density at radius 3 is 2.81 bits per heavy atom. The lowest BCUT2D eigenvalue weighted by Crippen LogP contribution is -2.57. The third-order valence-electron chi connectivity index (χ3n) is 3.88. The number of halogens is 2. The minimum atomic E-state index is 0. The molecule has 2 saturated heterocycles. The molecule has 5 nitrogen and oxygen atoms in total. The van der Waals surface area contributed by atoms with Crippen LogP contribution in [0.1, 0.15) is 25.7 Å². The highest BCUT2D eigenvalue weighted by Crippen LogP contribution is 2.18. The van der Waals surface area contributed by atoms with Crippen molar-refractivity contribution in [3.8, 4) is 0 Å². The molecule has 0 bridgehead atoms. The van der Waals surface area contributed by atoms with Gasteiger partial charge >= 0.3 is 0 Å². The number of piperazine rings is 1. The number of carbonyl (C=O) groups excluding carboxylic acids is 2. The topological polar surface area (TPSA) is 52.7 Å². The Hall–Kier alpha value is -0.780. The molecular weight excluding hydrogens is 313 g/mol. The summed E-state index contributed by atoms with van der Waals surface area (Å²) >= 11 is 0. The smallest absolute Gasteiger partial charge is 0.236 e. The summed E-state index contributed by atoms with van der Waals surface area (Å²) in [6.07, 6.45) is 5.04. The van der Waals surface area contributed by atoms with Gasteiger partial charge in [-0.3, -0.25) is 9.59 Å². The molecule has 21 heavy (non-hydrogen) atoms. The van der Waals surface area contributed by atoms with Crippen molar-refractivity contribution in [3.63, 3.8) is 0 Å². The van der Waals surface area contributed by atoms with E-state index < -0.39 is 0 Å². The second-order valence-corrected chi connectivity index (χ2v) is 5.23. The Kier molecular flexibility index (Phi) is 9.66. The van der Waals surface area contributed by atoms with Gasteiger partial charge in [0, 0.05) is 38.6 Å². The molecule has 2 amide bonds. The third-order valence-corrected chi connectivity index (χ3v) is 3.88. The number of hydrogen-bond acceptors (Lipinski definition) is 3. The summed E-state index contributed by atoms with van der Waals surface area (Å²) in [4.78, 5) is 27.8. The maximum absolute atomic E-state index is 12.0. The molecule has 0 aromatic heterocycles. The van der Waals surface area contributed by atoms with Crippen LogP contribution in [-0.4, -0.2) is 60.4 Å². The predicted octanol–water partition coefficient (Wildman–Crippen LogP) is 1.22. The zero-order chi connectivity index (χ0) is 13.7. The molecule has 1 atom stereocenters. The Bertz CT molecular complexity index is 366. The van der Waals surface area contributed by atoms with Crippen LogP contribution in [0.15, 0.2) is 12.7 Å². The lowest BCUT2D eigenvalue weighted by molar-refractivity contribution is -0.140. The van der Waals surface area contributed by atoms with E-state index in [0.717, 1.165) is 38.9 Å². The monoisotopic (exact) mass is 337 g/mol. The second kappa shape index (κ2) is 10.0. The zero-order valence-corrected chi connectivity index (χ0v) is 13.9. The van der Waals surface area contributed by atoms with Crippen molar-refractivity contribution in [2.24, 2.45) is 0 Å². The standard InChI is InChI=1S/C14H23N3O2.2ClH/c1-2-3-6-13(18)16-8-4-5-12(11-16)17-9-7-15-10-14(17)19;;/h2,12,15H,1,3-11H2;2*1H. The first kappa shape index (κ1) is 20.2. The molecule has 122 valence electrons. The lowest BCUT2D eigenvalue weighted by Gasteiger charge is -2.41. The number of hydrogen-bond donors (Lipinski definition) is 1. The van der Waals surface area contributed by atoms with Crippen LogP contribution in [0.3, 0.4) is 0 Å². The number of likely N-dealkylation sites (tertiary alicyclic amines) is 1. The second-order valence-electron chi connectivity index (χ2n) is 5.23. The quantitative estimate of drug-likeness (QED) is 0.785. The van der Waals surface area contributed by atoms with Crippen molar-refractivity contribution in [1.82, 2.24) is 15.1 Å². The zero-order valence-electron chi connectivity index (χ0n) is 12.3. The number of nitrogens with one attached hydrogen (secondary N) is 1. The van der Waals surface area contributed by atoms with E-state index >= 15 is 0 Å². The van der Waals surface area contributed by atoms with Crippen molar-refractivity contribution in [3.05, 3.63) is 12.7 Å². The Morgan fingerprint density at radius 1 is 1.38 bits per heavy atom. The van der Waals surface area contributed by atoms with Crippen molar-refractivity contribution < 1.29 is 9.59 Å². The third kappa shape index (κ3) is 5.49. The van der Waals surface area contributed by atoms with Gasteiger partial charge in [0.2, 0.25) is 11.8 Å². The van der Waals surface area contributed by atoms with Crippen LogP contribution in [0.2, 0.25) is 0 Å². The number of nitrogens with zero attached hydrogens (tertiary/aromatic N) is 2.